The van der Waals surface area contributed by atoms with Gasteiger partial charge in [-0.15, -0.1) is 10.2 Å². The Morgan fingerprint density at radius 3 is 2.48 bits per heavy atom. The van der Waals surface area contributed by atoms with E-state index < -0.39 is 0 Å². The van der Waals surface area contributed by atoms with E-state index in [-0.39, 0.29) is 18.5 Å². The first kappa shape index (κ1) is 21.3. The molecule has 0 N–H and O–H groups in total. The molecule has 0 radical (unpaired) electrons. The maximum absolute atomic E-state index is 12.8. The number of rotatable bonds is 8. The minimum Gasteiger partial charge on any atom is -0.419 e. The van der Waals surface area contributed by atoms with Gasteiger partial charge in [0.1, 0.15) is 0 Å². The first-order valence-corrected chi connectivity index (χ1v) is 10.3. The summed E-state index contributed by atoms with van der Waals surface area (Å²) in [5.74, 6) is 0.802. The van der Waals surface area contributed by atoms with Gasteiger partial charge in [0.25, 0.3) is 0 Å². The van der Waals surface area contributed by atoms with Crippen LogP contribution in [0.2, 0.25) is 10.0 Å². The minimum atomic E-state index is 0.0219. The number of halogens is 2. The Balaban J connectivity index is 1.60. The summed E-state index contributed by atoms with van der Waals surface area (Å²) in [5.41, 5.74) is 1.85. The van der Waals surface area contributed by atoms with Crippen LogP contribution in [0, 0.1) is 0 Å². The second-order valence-electron chi connectivity index (χ2n) is 7.08. The molecular weight excluding hydrogens is 409 g/mol. The molecule has 1 aromatic heterocycles. The number of aryl methyl sites for hydroxylation is 1. The summed E-state index contributed by atoms with van der Waals surface area (Å²) in [4.78, 5) is 14.5. The largest absolute Gasteiger partial charge is 0.419 e. The van der Waals surface area contributed by atoms with Crippen molar-refractivity contribution >= 4 is 29.1 Å². The van der Waals surface area contributed by atoms with E-state index in [1.165, 1.54) is 5.56 Å². The normalized spacial score (nSPS) is 11.1. The van der Waals surface area contributed by atoms with Crippen molar-refractivity contribution < 1.29 is 9.21 Å². The van der Waals surface area contributed by atoms with Gasteiger partial charge in [0.05, 0.1) is 17.1 Å². The highest BCUT2D eigenvalue weighted by atomic mass is 35.5. The Kier molecular flexibility index (Phi) is 7.29. The first-order chi connectivity index (χ1) is 13.9. The van der Waals surface area contributed by atoms with Gasteiger partial charge in [-0.1, -0.05) is 47.5 Å². The molecule has 3 aromatic rings. The Hall–Kier alpha value is -2.37. The topological polar surface area (TPSA) is 59.2 Å². The van der Waals surface area contributed by atoms with Gasteiger partial charge in [0.15, 0.2) is 0 Å². The van der Waals surface area contributed by atoms with E-state index in [9.17, 15) is 4.79 Å². The van der Waals surface area contributed by atoms with E-state index in [1.807, 2.05) is 56.3 Å². The maximum atomic E-state index is 12.8. The monoisotopic (exact) mass is 431 g/mol. The molecule has 3 rings (SSSR count). The molecule has 0 spiro atoms. The van der Waals surface area contributed by atoms with Crippen LogP contribution >= 0.6 is 23.2 Å². The molecule has 0 aliphatic rings. The van der Waals surface area contributed by atoms with Crippen molar-refractivity contribution in [1.82, 2.24) is 15.1 Å². The lowest BCUT2D eigenvalue weighted by Gasteiger charge is -2.25. The SMILES string of the molecule is CC(C)N(Cc1nnc(-c2ccccc2Cl)o1)C(=O)CCCc1ccc(Cl)cc1. The minimum absolute atomic E-state index is 0.0219. The summed E-state index contributed by atoms with van der Waals surface area (Å²) in [6, 6.07) is 15.0. The van der Waals surface area contributed by atoms with Crippen molar-refractivity contribution in [2.24, 2.45) is 0 Å². The summed E-state index contributed by atoms with van der Waals surface area (Å²) in [7, 11) is 0. The number of hydrogen-bond donors (Lipinski definition) is 0. The molecule has 0 aliphatic carbocycles. The summed E-state index contributed by atoms with van der Waals surface area (Å²) in [5, 5.41) is 9.43. The first-order valence-electron chi connectivity index (χ1n) is 9.55. The third-order valence-electron chi connectivity index (χ3n) is 4.59. The lowest BCUT2D eigenvalue weighted by Crippen LogP contribution is -2.36. The van der Waals surface area contributed by atoms with Crippen LogP contribution in [0.4, 0.5) is 0 Å². The van der Waals surface area contributed by atoms with E-state index in [1.54, 1.807) is 11.0 Å². The van der Waals surface area contributed by atoms with Crippen LogP contribution in [-0.2, 0) is 17.8 Å². The van der Waals surface area contributed by atoms with Gasteiger partial charge < -0.3 is 9.32 Å². The molecule has 1 heterocycles. The Morgan fingerprint density at radius 2 is 1.79 bits per heavy atom. The predicted molar refractivity (Wildman–Crippen MR) is 115 cm³/mol. The van der Waals surface area contributed by atoms with Gasteiger partial charge in [-0.25, -0.2) is 0 Å². The molecule has 152 valence electrons. The fourth-order valence-electron chi connectivity index (χ4n) is 3.00. The summed E-state index contributed by atoms with van der Waals surface area (Å²) in [6.07, 6.45) is 2.04. The van der Waals surface area contributed by atoms with E-state index in [0.717, 1.165) is 12.8 Å². The average molecular weight is 432 g/mol. The van der Waals surface area contributed by atoms with Gasteiger partial charge in [-0.3, -0.25) is 4.79 Å². The third kappa shape index (κ3) is 5.81. The number of hydrogen-bond acceptors (Lipinski definition) is 4. The van der Waals surface area contributed by atoms with Crippen molar-refractivity contribution in [3.05, 3.63) is 70.0 Å². The van der Waals surface area contributed by atoms with Crippen molar-refractivity contribution in [3.8, 4) is 11.5 Å². The van der Waals surface area contributed by atoms with Crippen molar-refractivity contribution in [3.63, 3.8) is 0 Å². The average Bonchev–Trinajstić information content (AvgIpc) is 3.16. The smallest absolute Gasteiger partial charge is 0.249 e. The molecule has 0 fully saturated rings. The van der Waals surface area contributed by atoms with E-state index in [0.29, 0.717) is 33.8 Å². The molecule has 2 aromatic carbocycles. The van der Waals surface area contributed by atoms with Crippen LogP contribution in [0.25, 0.3) is 11.5 Å². The fourth-order valence-corrected chi connectivity index (χ4v) is 3.35. The van der Waals surface area contributed by atoms with E-state index in [4.69, 9.17) is 27.6 Å². The second kappa shape index (κ2) is 9.90. The molecule has 7 heteroatoms. The van der Waals surface area contributed by atoms with Crippen molar-refractivity contribution in [2.75, 3.05) is 0 Å². The van der Waals surface area contributed by atoms with Crippen LogP contribution in [-0.4, -0.2) is 27.0 Å². The molecule has 0 aliphatic heterocycles. The van der Waals surface area contributed by atoms with Gasteiger partial charge in [0.2, 0.25) is 17.7 Å². The van der Waals surface area contributed by atoms with E-state index in [2.05, 4.69) is 10.2 Å². The Bertz CT molecular complexity index is 955. The van der Waals surface area contributed by atoms with Gasteiger partial charge >= 0.3 is 0 Å². The molecule has 5 nitrogen and oxygen atoms in total. The lowest BCUT2D eigenvalue weighted by atomic mass is 10.1. The molecule has 0 bridgehead atoms. The highest BCUT2D eigenvalue weighted by Crippen LogP contribution is 2.26. The number of carbonyl (C=O) groups excluding carboxylic acids is 1. The highest BCUT2D eigenvalue weighted by molar-refractivity contribution is 6.33. The summed E-state index contributed by atoms with van der Waals surface area (Å²) >= 11 is 12.1. The number of amides is 1. The second-order valence-corrected chi connectivity index (χ2v) is 7.92. The van der Waals surface area contributed by atoms with Gasteiger partial charge in [0, 0.05) is 17.5 Å². The molecule has 0 atom stereocenters. The lowest BCUT2D eigenvalue weighted by molar-refractivity contribution is -0.134. The molecule has 1 amide bonds. The Labute approximate surface area is 180 Å². The molecule has 0 saturated carbocycles. The number of nitrogens with zero attached hydrogens (tertiary/aromatic N) is 3. The number of aromatic nitrogens is 2. The highest BCUT2D eigenvalue weighted by Gasteiger charge is 2.20. The molecule has 0 unspecified atom stereocenters. The predicted octanol–water partition coefficient (Wildman–Crippen LogP) is 5.80. The number of carbonyl (C=O) groups is 1. The number of benzene rings is 2. The molecule has 0 saturated heterocycles. The van der Waals surface area contributed by atoms with Crippen molar-refractivity contribution in [1.29, 1.82) is 0 Å². The fraction of sp³-hybridized carbons (Fsp3) is 0.318. The molecular formula is C22H23Cl2N3O2. The zero-order chi connectivity index (χ0) is 20.8. The van der Waals surface area contributed by atoms with Crippen molar-refractivity contribution in [2.45, 2.75) is 45.7 Å². The maximum Gasteiger partial charge on any atom is 0.249 e. The molecule has 29 heavy (non-hydrogen) atoms. The zero-order valence-corrected chi connectivity index (χ0v) is 18.0. The summed E-state index contributed by atoms with van der Waals surface area (Å²) < 4.78 is 5.75. The Morgan fingerprint density at radius 1 is 1.07 bits per heavy atom. The third-order valence-corrected chi connectivity index (χ3v) is 5.17. The standard InChI is InChI=1S/C22H23Cl2N3O2/c1-15(2)27(21(28)9-5-6-16-10-12-17(23)13-11-16)14-20-25-26-22(29-20)18-7-3-4-8-19(18)24/h3-4,7-8,10-13,15H,5-6,9,14H2,1-2H3. The van der Waals surface area contributed by atoms with Crippen LogP contribution in [0.3, 0.4) is 0 Å². The quantitative estimate of drug-likeness (QED) is 0.451. The van der Waals surface area contributed by atoms with Crippen LogP contribution in [0.5, 0.6) is 0 Å². The van der Waals surface area contributed by atoms with Gasteiger partial charge in [-0.2, -0.15) is 0 Å². The van der Waals surface area contributed by atoms with E-state index >= 15 is 0 Å². The summed E-state index contributed by atoms with van der Waals surface area (Å²) in [6.45, 7) is 4.22. The van der Waals surface area contributed by atoms with Crippen LogP contribution in [0.15, 0.2) is 52.9 Å². The van der Waals surface area contributed by atoms with Gasteiger partial charge in [-0.05, 0) is 56.5 Å². The van der Waals surface area contributed by atoms with Crippen LogP contribution < -0.4 is 0 Å². The van der Waals surface area contributed by atoms with Crippen LogP contribution in [0.1, 0.15) is 38.1 Å². The zero-order valence-electron chi connectivity index (χ0n) is 16.4.